The van der Waals surface area contributed by atoms with E-state index in [0.29, 0.717) is 6.04 Å². The monoisotopic (exact) mass is 179 g/mol. The van der Waals surface area contributed by atoms with E-state index in [-0.39, 0.29) is 0 Å². The van der Waals surface area contributed by atoms with Gasteiger partial charge in [0.2, 0.25) is 0 Å². The summed E-state index contributed by atoms with van der Waals surface area (Å²) in [4.78, 5) is 4.31. The third-order valence-electron chi connectivity index (χ3n) is 2.70. The average Bonchev–Trinajstić information content (AvgIpc) is 2.76. The highest BCUT2D eigenvalue weighted by molar-refractivity contribution is 4.93. The molecule has 1 aliphatic rings. The average molecular weight is 179 g/mol. The van der Waals surface area contributed by atoms with Gasteiger partial charge in [-0.25, -0.2) is 4.98 Å². The van der Waals surface area contributed by atoms with Crippen molar-refractivity contribution in [2.24, 2.45) is 0 Å². The lowest BCUT2D eigenvalue weighted by Crippen LogP contribution is -2.27. The van der Waals surface area contributed by atoms with Crippen molar-refractivity contribution in [3.63, 3.8) is 0 Å². The third-order valence-corrected chi connectivity index (χ3v) is 2.70. The minimum Gasteiger partial charge on any atom is -0.333 e. The predicted molar refractivity (Wildman–Crippen MR) is 52.6 cm³/mol. The van der Waals surface area contributed by atoms with Gasteiger partial charge in [0.1, 0.15) is 5.82 Å². The van der Waals surface area contributed by atoms with Crippen molar-refractivity contribution in [2.75, 3.05) is 6.54 Å². The zero-order valence-electron chi connectivity index (χ0n) is 8.16. The van der Waals surface area contributed by atoms with E-state index in [1.54, 1.807) is 0 Å². The van der Waals surface area contributed by atoms with Crippen LogP contribution in [0.25, 0.3) is 0 Å². The molecule has 1 N–H and O–H groups in total. The molecule has 3 nitrogen and oxygen atoms in total. The molecule has 0 unspecified atom stereocenters. The summed E-state index contributed by atoms with van der Waals surface area (Å²) in [6.07, 6.45) is 7.63. The number of hydrogen-bond acceptors (Lipinski definition) is 2. The van der Waals surface area contributed by atoms with Crippen molar-refractivity contribution in [3.8, 4) is 0 Å². The van der Waals surface area contributed by atoms with E-state index in [9.17, 15) is 0 Å². The van der Waals surface area contributed by atoms with Gasteiger partial charge in [0.15, 0.2) is 0 Å². The Hall–Kier alpha value is -0.830. The highest BCUT2D eigenvalue weighted by Crippen LogP contribution is 2.09. The van der Waals surface area contributed by atoms with E-state index in [0.717, 1.165) is 13.0 Å². The number of aryl methyl sites for hydroxylation is 1. The maximum atomic E-state index is 4.31. The van der Waals surface area contributed by atoms with Gasteiger partial charge in [-0.1, -0.05) is 6.92 Å². The van der Waals surface area contributed by atoms with Gasteiger partial charge in [0, 0.05) is 31.4 Å². The first kappa shape index (κ1) is 8.75. The Balaban J connectivity index is 1.99. The zero-order chi connectivity index (χ0) is 9.10. The van der Waals surface area contributed by atoms with Crippen LogP contribution in [0.4, 0.5) is 0 Å². The third kappa shape index (κ3) is 1.91. The fourth-order valence-corrected chi connectivity index (χ4v) is 1.97. The van der Waals surface area contributed by atoms with Gasteiger partial charge in [0.05, 0.1) is 0 Å². The lowest BCUT2D eigenvalue weighted by Gasteiger charge is -2.12. The molecule has 0 radical (unpaired) electrons. The van der Waals surface area contributed by atoms with Crippen molar-refractivity contribution in [1.82, 2.24) is 14.9 Å². The number of hydrogen-bond donors (Lipinski definition) is 1. The fraction of sp³-hybridized carbons (Fsp3) is 0.700. The van der Waals surface area contributed by atoms with Crippen LogP contribution in [0.3, 0.4) is 0 Å². The lowest BCUT2D eigenvalue weighted by atomic mass is 10.2. The van der Waals surface area contributed by atoms with Crippen LogP contribution in [-0.4, -0.2) is 22.1 Å². The standard InChI is InChI=1S/C10H17N3/c1-2-10-12-6-7-13(10)8-9-4-3-5-11-9/h6-7,9,11H,2-5,8H2,1H3/t9-/m1/s1. The first-order valence-corrected chi connectivity index (χ1v) is 5.13. The van der Waals surface area contributed by atoms with E-state index in [4.69, 9.17) is 0 Å². The van der Waals surface area contributed by atoms with Crippen LogP contribution in [0, 0.1) is 0 Å². The van der Waals surface area contributed by atoms with Crippen LogP contribution in [-0.2, 0) is 13.0 Å². The van der Waals surface area contributed by atoms with Crippen LogP contribution in [0.2, 0.25) is 0 Å². The first-order valence-electron chi connectivity index (χ1n) is 5.13. The largest absolute Gasteiger partial charge is 0.333 e. The molecule has 72 valence electrons. The first-order chi connectivity index (χ1) is 6.40. The lowest BCUT2D eigenvalue weighted by molar-refractivity contribution is 0.497. The van der Waals surface area contributed by atoms with E-state index in [1.165, 1.54) is 25.2 Å². The Bertz CT molecular complexity index is 261. The molecule has 1 aliphatic heterocycles. The Kier molecular flexibility index (Phi) is 2.64. The molecule has 13 heavy (non-hydrogen) atoms. The normalized spacial score (nSPS) is 22.4. The number of nitrogens with zero attached hydrogens (tertiary/aromatic N) is 2. The van der Waals surface area contributed by atoms with Crippen LogP contribution >= 0.6 is 0 Å². The summed E-state index contributed by atoms with van der Waals surface area (Å²) < 4.78 is 2.27. The zero-order valence-corrected chi connectivity index (χ0v) is 8.16. The summed E-state index contributed by atoms with van der Waals surface area (Å²) in [5, 5.41) is 3.50. The smallest absolute Gasteiger partial charge is 0.108 e. The Morgan fingerprint density at radius 3 is 3.31 bits per heavy atom. The van der Waals surface area contributed by atoms with Crippen LogP contribution in [0.15, 0.2) is 12.4 Å². The minimum atomic E-state index is 0.666. The maximum absolute atomic E-state index is 4.31. The molecule has 0 spiro atoms. The molecule has 1 aromatic heterocycles. The summed E-state index contributed by atoms with van der Waals surface area (Å²) in [7, 11) is 0. The number of imidazole rings is 1. The number of aromatic nitrogens is 2. The summed E-state index contributed by atoms with van der Waals surface area (Å²) in [5.74, 6) is 1.20. The summed E-state index contributed by atoms with van der Waals surface area (Å²) in [6.45, 7) is 4.42. The molecule has 1 saturated heterocycles. The van der Waals surface area contributed by atoms with Gasteiger partial charge < -0.3 is 9.88 Å². The van der Waals surface area contributed by atoms with Gasteiger partial charge in [-0.05, 0) is 19.4 Å². The van der Waals surface area contributed by atoms with E-state index in [2.05, 4.69) is 28.0 Å². The highest BCUT2D eigenvalue weighted by Gasteiger charge is 2.14. The molecule has 1 aromatic rings. The number of nitrogens with one attached hydrogen (secondary N) is 1. The fourth-order valence-electron chi connectivity index (χ4n) is 1.97. The summed E-state index contributed by atoms with van der Waals surface area (Å²) in [5.41, 5.74) is 0. The number of rotatable bonds is 3. The molecule has 1 fully saturated rings. The van der Waals surface area contributed by atoms with Crippen molar-refractivity contribution < 1.29 is 0 Å². The van der Waals surface area contributed by atoms with Gasteiger partial charge in [-0.15, -0.1) is 0 Å². The SMILES string of the molecule is CCc1nccn1C[C@H]1CCCN1. The van der Waals surface area contributed by atoms with E-state index in [1.807, 2.05) is 6.20 Å². The second kappa shape index (κ2) is 3.92. The van der Waals surface area contributed by atoms with Crippen molar-refractivity contribution in [1.29, 1.82) is 0 Å². The Morgan fingerprint density at radius 1 is 1.69 bits per heavy atom. The molecule has 0 aliphatic carbocycles. The molecule has 0 amide bonds. The second-order valence-electron chi connectivity index (χ2n) is 3.64. The molecule has 2 rings (SSSR count). The highest BCUT2D eigenvalue weighted by atomic mass is 15.1. The van der Waals surface area contributed by atoms with E-state index >= 15 is 0 Å². The summed E-state index contributed by atoms with van der Waals surface area (Å²) in [6, 6.07) is 0.666. The van der Waals surface area contributed by atoms with Gasteiger partial charge in [-0.2, -0.15) is 0 Å². The van der Waals surface area contributed by atoms with Gasteiger partial charge >= 0.3 is 0 Å². The van der Waals surface area contributed by atoms with Crippen LogP contribution in [0.5, 0.6) is 0 Å². The molecule has 0 saturated carbocycles. The van der Waals surface area contributed by atoms with Crippen LogP contribution in [0.1, 0.15) is 25.6 Å². The molecular formula is C10H17N3. The van der Waals surface area contributed by atoms with Crippen LogP contribution < -0.4 is 5.32 Å². The quantitative estimate of drug-likeness (QED) is 0.755. The Morgan fingerprint density at radius 2 is 2.62 bits per heavy atom. The predicted octanol–water partition coefficient (Wildman–Crippen LogP) is 1.20. The van der Waals surface area contributed by atoms with E-state index < -0.39 is 0 Å². The van der Waals surface area contributed by atoms with Crippen molar-refractivity contribution in [3.05, 3.63) is 18.2 Å². The van der Waals surface area contributed by atoms with Crippen molar-refractivity contribution >= 4 is 0 Å². The second-order valence-corrected chi connectivity index (χ2v) is 3.64. The molecular weight excluding hydrogens is 162 g/mol. The van der Waals surface area contributed by atoms with Gasteiger partial charge in [0.25, 0.3) is 0 Å². The molecule has 1 atom stereocenters. The Labute approximate surface area is 79.2 Å². The maximum Gasteiger partial charge on any atom is 0.108 e. The summed E-state index contributed by atoms with van der Waals surface area (Å²) >= 11 is 0. The molecule has 0 bridgehead atoms. The molecule has 3 heteroatoms. The molecule has 2 heterocycles. The topological polar surface area (TPSA) is 29.9 Å². The molecule has 0 aromatic carbocycles. The van der Waals surface area contributed by atoms with Crippen molar-refractivity contribution in [2.45, 2.75) is 38.8 Å². The van der Waals surface area contributed by atoms with Gasteiger partial charge in [-0.3, -0.25) is 0 Å². The minimum absolute atomic E-state index is 0.666.